The van der Waals surface area contributed by atoms with Crippen LogP contribution < -0.4 is 11.4 Å². The van der Waals surface area contributed by atoms with Crippen LogP contribution in [0.25, 0.3) is 11.0 Å². The summed E-state index contributed by atoms with van der Waals surface area (Å²) in [5, 5.41) is 0.905. The van der Waals surface area contributed by atoms with Gasteiger partial charge in [0.15, 0.2) is 0 Å². The van der Waals surface area contributed by atoms with Crippen molar-refractivity contribution in [2.45, 2.75) is 33.2 Å². The summed E-state index contributed by atoms with van der Waals surface area (Å²) in [6.45, 7) is 4.58. The van der Waals surface area contributed by atoms with Gasteiger partial charge in [-0.05, 0) is 12.1 Å². The molecule has 0 aliphatic heterocycles. The van der Waals surface area contributed by atoms with E-state index in [-0.39, 0.29) is 12.2 Å². The van der Waals surface area contributed by atoms with E-state index in [1.807, 2.05) is 18.2 Å². The molecule has 2 rings (SSSR count). The maximum absolute atomic E-state index is 11.2. The van der Waals surface area contributed by atoms with E-state index in [1.165, 1.54) is 12.8 Å². The van der Waals surface area contributed by atoms with Crippen molar-refractivity contribution in [2.24, 2.45) is 5.73 Å². The first-order chi connectivity index (χ1) is 8.22. The first kappa shape index (κ1) is 13.5. The second-order valence-electron chi connectivity index (χ2n) is 3.80. The summed E-state index contributed by atoms with van der Waals surface area (Å²) >= 11 is 0. The normalized spacial score (nSPS) is 9.82. The molecule has 0 spiro atoms. The third-order valence-electron chi connectivity index (χ3n) is 2.43. The molecule has 0 fully saturated rings. The van der Waals surface area contributed by atoms with Crippen molar-refractivity contribution in [3.8, 4) is 0 Å². The van der Waals surface area contributed by atoms with Crippen LogP contribution in [0.5, 0.6) is 0 Å². The lowest BCUT2D eigenvalue weighted by atomic mass is 10.2. The zero-order valence-electron chi connectivity index (χ0n) is 10.4. The Morgan fingerprint density at radius 2 is 1.82 bits per heavy atom. The molecule has 0 radical (unpaired) electrons. The van der Waals surface area contributed by atoms with Crippen LogP contribution in [-0.2, 0) is 6.54 Å². The molecular formula is C14H19NO2. The molecule has 0 unspecified atom stereocenters. The summed E-state index contributed by atoms with van der Waals surface area (Å²) in [5.74, 6) is 0. The van der Waals surface area contributed by atoms with Gasteiger partial charge in [0, 0.05) is 11.9 Å². The topological polar surface area (TPSA) is 56.2 Å². The highest BCUT2D eigenvalue weighted by Crippen LogP contribution is 2.11. The Morgan fingerprint density at radius 3 is 2.41 bits per heavy atom. The Morgan fingerprint density at radius 1 is 1.18 bits per heavy atom. The lowest BCUT2D eigenvalue weighted by Crippen LogP contribution is -2.11. The Bertz CT molecular complexity index is 515. The third-order valence-corrected chi connectivity index (χ3v) is 2.43. The molecule has 0 bridgehead atoms. The Balaban J connectivity index is 0.000000317. The van der Waals surface area contributed by atoms with E-state index in [9.17, 15) is 4.79 Å². The molecular weight excluding hydrogens is 214 g/mol. The van der Waals surface area contributed by atoms with E-state index >= 15 is 0 Å². The highest BCUT2D eigenvalue weighted by Gasteiger charge is 2.01. The Labute approximate surface area is 101 Å². The summed E-state index contributed by atoms with van der Waals surface area (Å²) in [7, 11) is 0. The van der Waals surface area contributed by atoms with Crippen molar-refractivity contribution in [1.29, 1.82) is 0 Å². The molecule has 1 aromatic heterocycles. The van der Waals surface area contributed by atoms with Crippen LogP contribution in [0.4, 0.5) is 0 Å². The Kier molecular flexibility index (Phi) is 5.43. The first-order valence-corrected chi connectivity index (χ1v) is 5.94. The van der Waals surface area contributed by atoms with Crippen LogP contribution in [-0.4, -0.2) is 0 Å². The maximum atomic E-state index is 11.2. The van der Waals surface area contributed by atoms with Gasteiger partial charge in [0.1, 0.15) is 5.58 Å². The monoisotopic (exact) mass is 233 g/mol. The van der Waals surface area contributed by atoms with Crippen LogP contribution in [0, 0.1) is 0 Å². The fourth-order valence-corrected chi connectivity index (χ4v) is 1.25. The standard InChI is InChI=1S/C10H9NO2.C4H10/c11-6-8-5-7-3-1-2-4-9(7)13-10(8)12;1-3-4-2/h1-5H,6,11H2;3-4H2,1-2H3. The van der Waals surface area contributed by atoms with Crippen molar-refractivity contribution in [1.82, 2.24) is 0 Å². The quantitative estimate of drug-likeness (QED) is 0.811. The summed E-state index contributed by atoms with van der Waals surface area (Å²) in [4.78, 5) is 11.2. The molecule has 2 N–H and O–H groups in total. The van der Waals surface area contributed by atoms with E-state index in [4.69, 9.17) is 10.2 Å². The minimum Gasteiger partial charge on any atom is -0.422 e. The summed E-state index contributed by atoms with van der Waals surface area (Å²) in [6.07, 6.45) is 2.64. The third kappa shape index (κ3) is 3.71. The number of benzene rings is 1. The van der Waals surface area contributed by atoms with Crippen molar-refractivity contribution in [3.63, 3.8) is 0 Å². The molecule has 0 atom stereocenters. The van der Waals surface area contributed by atoms with Crippen molar-refractivity contribution >= 4 is 11.0 Å². The zero-order valence-corrected chi connectivity index (χ0v) is 10.4. The summed E-state index contributed by atoms with van der Waals surface area (Å²) in [6, 6.07) is 9.13. The maximum Gasteiger partial charge on any atom is 0.340 e. The van der Waals surface area contributed by atoms with Gasteiger partial charge in [-0.3, -0.25) is 0 Å². The SMILES string of the molecule is CCCC.NCc1cc2ccccc2oc1=O. The second kappa shape index (κ2) is 6.86. The average Bonchev–Trinajstić information content (AvgIpc) is 2.38. The molecule has 0 aliphatic carbocycles. The summed E-state index contributed by atoms with van der Waals surface area (Å²) in [5.41, 5.74) is 6.15. The molecule has 3 nitrogen and oxygen atoms in total. The van der Waals surface area contributed by atoms with Crippen LogP contribution in [0.2, 0.25) is 0 Å². The lowest BCUT2D eigenvalue weighted by Gasteiger charge is -1.97. The molecule has 1 aromatic carbocycles. The van der Waals surface area contributed by atoms with Crippen LogP contribution in [0.15, 0.2) is 39.5 Å². The molecule has 0 amide bonds. The second-order valence-corrected chi connectivity index (χ2v) is 3.80. The van der Waals surface area contributed by atoms with Gasteiger partial charge in [-0.25, -0.2) is 4.79 Å². The molecule has 0 saturated heterocycles. The Hall–Kier alpha value is -1.61. The van der Waals surface area contributed by atoms with E-state index < -0.39 is 0 Å². The zero-order chi connectivity index (χ0) is 12.7. The molecule has 0 saturated carbocycles. The lowest BCUT2D eigenvalue weighted by molar-refractivity contribution is 0.550. The molecule has 92 valence electrons. The van der Waals surface area contributed by atoms with Crippen molar-refractivity contribution in [2.75, 3.05) is 0 Å². The van der Waals surface area contributed by atoms with Gasteiger partial charge in [0.05, 0.1) is 5.56 Å². The van der Waals surface area contributed by atoms with Gasteiger partial charge < -0.3 is 10.2 Å². The number of rotatable bonds is 2. The van der Waals surface area contributed by atoms with Gasteiger partial charge in [-0.1, -0.05) is 44.9 Å². The van der Waals surface area contributed by atoms with Gasteiger partial charge in [-0.15, -0.1) is 0 Å². The highest BCUT2D eigenvalue weighted by atomic mass is 16.4. The predicted molar refractivity (Wildman–Crippen MR) is 71.0 cm³/mol. The van der Waals surface area contributed by atoms with Gasteiger partial charge in [-0.2, -0.15) is 0 Å². The van der Waals surface area contributed by atoms with E-state index in [0.717, 1.165) is 5.39 Å². The molecule has 2 aromatic rings. The van der Waals surface area contributed by atoms with Crippen LogP contribution >= 0.6 is 0 Å². The number of para-hydroxylation sites is 1. The minimum atomic E-state index is -0.346. The number of hydrogen-bond donors (Lipinski definition) is 1. The number of fused-ring (bicyclic) bond motifs is 1. The van der Waals surface area contributed by atoms with Crippen LogP contribution in [0.3, 0.4) is 0 Å². The van der Waals surface area contributed by atoms with E-state index in [1.54, 1.807) is 12.1 Å². The van der Waals surface area contributed by atoms with E-state index in [0.29, 0.717) is 11.1 Å². The first-order valence-electron chi connectivity index (χ1n) is 5.94. The predicted octanol–water partition coefficient (Wildman–Crippen LogP) is 3.06. The fraction of sp³-hybridized carbons (Fsp3) is 0.357. The summed E-state index contributed by atoms with van der Waals surface area (Å²) < 4.78 is 5.05. The van der Waals surface area contributed by atoms with Gasteiger partial charge in [0.25, 0.3) is 0 Å². The van der Waals surface area contributed by atoms with Gasteiger partial charge >= 0.3 is 5.63 Å². The average molecular weight is 233 g/mol. The minimum absolute atomic E-state index is 0.215. The molecule has 3 heteroatoms. The van der Waals surface area contributed by atoms with Gasteiger partial charge in [0.2, 0.25) is 0 Å². The molecule has 1 heterocycles. The number of unbranched alkanes of at least 4 members (excludes halogenated alkanes) is 1. The van der Waals surface area contributed by atoms with Crippen molar-refractivity contribution in [3.05, 3.63) is 46.3 Å². The fourth-order valence-electron chi connectivity index (χ4n) is 1.25. The largest absolute Gasteiger partial charge is 0.422 e. The van der Waals surface area contributed by atoms with E-state index in [2.05, 4.69) is 13.8 Å². The van der Waals surface area contributed by atoms with Crippen molar-refractivity contribution < 1.29 is 4.42 Å². The number of hydrogen-bond acceptors (Lipinski definition) is 3. The molecule has 0 aliphatic rings. The highest BCUT2D eigenvalue weighted by molar-refractivity contribution is 5.76. The van der Waals surface area contributed by atoms with Crippen LogP contribution in [0.1, 0.15) is 32.3 Å². The smallest absolute Gasteiger partial charge is 0.340 e. The molecule has 17 heavy (non-hydrogen) atoms. The number of nitrogens with two attached hydrogens (primary N) is 1.